The fraction of sp³-hybridized carbons (Fsp3) is 0.417. The number of benzene rings is 1. The Morgan fingerprint density at radius 3 is 2.58 bits per heavy atom. The number of fused-ring (bicyclic) bond motifs is 1. The highest BCUT2D eigenvalue weighted by Crippen LogP contribution is 2.36. The van der Waals surface area contributed by atoms with E-state index in [4.69, 9.17) is 14.7 Å². The maximum Gasteiger partial charge on any atom is 0.150 e. The van der Waals surface area contributed by atoms with Crippen LogP contribution in [-0.2, 0) is 0 Å². The van der Waals surface area contributed by atoms with Crippen molar-refractivity contribution in [3.63, 3.8) is 0 Å². The van der Waals surface area contributed by atoms with E-state index in [1.807, 2.05) is 18.2 Å². The lowest BCUT2D eigenvalue weighted by atomic mass is 9.93. The van der Waals surface area contributed by atoms with Gasteiger partial charge in [-0.25, -0.2) is 9.97 Å². The third-order valence-corrected chi connectivity index (χ3v) is 6.48. The van der Waals surface area contributed by atoms with Gasteiger partial charge in [-0.15, -0.1) is 0 Å². The van der Waals surface area contributed by atoms with Crippen molar-refractivity contribution in [1.29, 1.82) is 5.26 Å². The normalized spacial score (nSPS) is 17.5. The molecule has 0 aliphatic carbocycles. The van der Waals surface area contributed by atoms with Gasteiger partial charge in [-0.05, 0) is 49.6 Å². The first-order valence-electron chi connectivity index (χ1n) is 10.8. The van der Waals surface area contributed by atoms with Crippen LogP contribution in [0, 0.1) is 24.2 Å². The van der Waals surface area contributed by atoms with Gasteiger partial charge in [-0.1, -0.05) is 0 Å². The molecule has 4 heterocycles. The third kappa shape index (κ3) is 3.63. The summed E-state index contributed by atoms with van der Waals surface area (Å²) in [6.45, 7) is 5.63. The van der Waals surface area contributed by atoms with E-state index in [-0.39, 0.29) is 5.92 Å². The first kappa shape index (κ1) is 19.6. The average Bonchev–Trinajstić information content (AvgIpc) is 2.78. The van der Waals surface area contributed by atoms with Gasteiger partial charge in [0.15, 0.2) is 5.82 Å². The molecule has 0 atom stereocenters. The Kier molecular flexibility index (Phi) is 5.06. The van der Waals surface area contributed by atoms with E-state index in [1.54, 1.807) is 19.5 Å². The zero-order chi connectivity index (χ0) is 21.4. The first-order valence-corrected chi connectivity index (χ1v) is 10.8. The van der Waals surface area contributed by atoms with Crippen LogP contribution in [-0.4, -0.2) is 48.2 Å². The predicted molar refractivity (Wildman–Crippen MR) is 121 cm³/mol. The van der Waals surface area contributed by atoms with Crippen LogP contribution in [0.15, 0.2) is 36.7 Å². The van der Waals surface area contributed by atoms with E-state index in [9.17, 15) is 5.26 Å². The molecule has 0 unspecified atom stereocenters. The number of pyridine rings is 1. The SMILES string of the molecule is COc1ccc2nc(N3CC(c4nccnc4N4CCC(C#N)CC4)C3)cc(C)c2c1. The number of ether oxygens (including phenoxy) is 1. The van der Waals surface area contributed by atoms with Crippen molar-refractivity contribution in [3.05, 3.63) is 47.9 Å². The number of nitriles is 1. The molecule has 158 valence electrons. The molecule has 2 aliphatic rings. The highest BCUT2D eigenvalue weighted by Gasteiger charge is 2.34. The van der Waals surface area contributed by atoms with E-state index < -0.39 is 0 Å². The molecule has 0 spiro atoms. The fourth-order valence-corrected chi connectivity index (χ4v) is 4.58. The van der Waals surface area contributed by atoms with Gasteiger partial charge >= 0.3 is 0 Å². The molecular weight excluding hydrogens is 388 g/mol. The second-order valence-corrected chi connectivity index (χ2v) is 8.44. The van der Waals surface area contributed by atoms with Gasteiger partial charge in [0, 0.05) is 55.8 Å². The van der Waals surface area contributed by atoms with Crippen molar-refractivity contribution in [3.8, 4) is 11.8 Å². The molecule has 0 bridgehead atoms. The molecule has 0 amide bonds. The summed E-state index contributed by atoms with van der Waals surface area (Å²) in [5.74, 6) is 3.34. The molecule has 3 aromatic rings. The maximum absolute atomic E-state index is 9.17. The van der Waals surface area contributed by atoms with Crippen LogP contribution in [0.3, 0.4) is 0 Å². The monoisotopic (exact) mass is 414 g/mol. The number of rotatable bonds is 4. The van der Waals surface area contributed by atoms with Crippen LogP contribution in [0.4, 0.5) is 11.6 Å². The number of aryl methyl sites for hydroxylation is 1. The standard InChI is InChI=1S/C24H26N6O/c1-16-11-22(28-21-4-3-19(31-2)12-20(16)21)30-14-18(15-30)23-24(27-8-7-26-23)29-9-5-17(13-25)6-10-29/h3-4,7-8,11-12,17-18H,5-6,9-10,14-15H2,1-2H3. The Morgan fingerprint density at radius 2 is 1.84 bits per heavy atom. The molecule has 0 N–H and O–H groups in total. The molecule has 5 rings (SSSR count). The number of piperidine rings is 1. The Labute approximate surface area is 182 Å². The Morgan fingerprint density at radius 1 is 1.06 bits per heavy atom. The van der Waals surface area contributed by atoms with Crippen LogP contribution < -0.4 is 14.5 Å². The Hall–Kier alpha value is -3.40. The highest BCUT2D eigenvalue weighted by atomic mass is 16.5. The van der Waals surface area contributed by atoms with Gasteiger partial charge in [0.25, 0.3) is 0 Å². The lowest BCUT2D eigenvalue weighted by Gasteiger charge is -2.41. The lowest BCUT2D eigenvalue weighted by molar-refractivity contribution is 0.415. The van der Waals surface area contributed by atoms with Crippen molar-refractivity contribution < 1.29 is 4.74 Å². The van der Waals surface area contributed by atoms with Gasteiger partial charge in [0.05, 0.1) is 24.4 Å². The lowest BCUT2D eigenvalue weighted by Crippen LogP contribution is -2.47. The summed E-state index contributed by atoms with van der Waals surface area (Å²) < 4.78 is 5.35. The molecule has 2 fully saturated rings. The second-order valence-electron chi connectivity index (χ2n) is 8.44. The summed E-state index contributed by atoms with van der Waals surface area (Å²) in [6.07, 6.45) is 5.35. The summed E-state index contributed by atoms with van der Waals surface area (Å²) in [7, 11) is 1.69. The smallest absolute Gasteiger partial charge is 0.150 e. The molecule has 2 saturated heterocycles. The highest BCUT2D eigenvalue weighted by molar-refractivity contribution is 5.85. The summed E-state index contributed by atoms with van der Waals surface area (Å²) >= 11 is 0. The van der Waals surface area contributed by atoms with Gasteiger partial charge in [-0.2, -0.15) is 5.26 Å². The van der Waals surface area contributed by atoms with Crippen LogP contribution in [0.2, 0.25) is 0 Å². The molecule has 7 nitrogen and oxygen atoms in total. The molecule has 2 aromatic heterocycles. The Balaban J connectivity index is 1.33. The number of hydrogen-bond donors (Lipinski definition) is 0. The minimum absolute atomic E-state index is 0.165. The van der Waals surface area contributed by atoms with Crippen LogP contribution in [0.25, 0.3) is 10.9 Å². The number of aromatic nitrogens is 3. The van der Waals surface area contributed by atoms with Crippen molar-refractivity contribution in [2.45, 2.75) is 25.7 Å². The van der Waals surface area contributed by atoms with Gasteiger partial charge < -0.3 is 14.5 Å². The Bertz CT molecular complexity index is 1140. The summed E-state index contributed by atoms with van der Waals surface area (Å²) in [6, 6.07) is 10.6. The quantitative estimate of drug-likeness (QED) is 0.644. The van der Waals surface area contributed by atoms with Crippen LogP contribution in [0.1, 0.15) is 30.0 Å². The topological polar surface area (TPSA) is 78.2 Å². The van der Waals surface area contributed by atoms with E-state index in [0.717, 1.165) is 73.0 Å². The molecule has 2 aliphatic heterocycles. The minimum atomic E-state index is 0.165. The number of hydrogen-bond acceptors (Lipinski definition) is 7. The van der Waals surface area contributed by atoms with Crippen molar-refractivity contribution in [1.82, 2.24) is 15.0 Å². The summed E-state index contributed by atoms with van der Waals surface area (Å²) in [5.41, 5.74) is 3.25. The molecule has 7 heteroatoms. The van der Waals surface area contributed by atoms with Gasteiger partial charge in [-0.3, -0.25) is 4.98 Å². The van der Waals surface area contributed by atoms with Crippen LogP contribution >= 0.6 is 0 Å². The van der Waals surface area contributed by atoms with Gasteiger partial charge in [0.2, 0.25) is 0 Å². The zero-order valence-corrected chi connectivity index (χ0v) is 18.0. The summed E-state index contributed by atoms with van der Waals surface area (Å²) in [4.78, 5) is 18.8. The van der Waals surface area contributed by atoms with E-state index in [1.165, 1.54) is 5.56 Å². The number of anilines is 2. The number of methoxy groups -OCH3 is 1. The molecule has 1 aromatic carbocycles. The third-order valence-electron chi connectivity index (χ3n) is 6.48. The van der Waals surface area contributed by atoms with Crippen molar-refractivity contribution >= 4 is 22.5 Å². The van der Waals surface area contributed by atoms with Crippen molar-refractivity contribution in [2.24, 2.45) is 5.92 Å². The van der Waals surface area contributed by atoms with Crippen LogP contribution in [0.5, 0.6) is 5.75 Å². The van der Waals surface area contributed by atoms with E-state index in [0.29, 0.717) is 5.92 Å². The molecular formula is C24H26N6O. The predicted octanol–water partition coefficient (Wildman–Crippen LogP) is 3.69. The summed E-state index contributed by atoms with van der Waals surface area (Å²) in [5, 5.41) is 10.3. The zero-order valence-electron chi connectivity index (χ0n) is 18.0. The molecule has 0 radical (unpaired) electrons. The minimum Gasteiger partial charge on any atom is -0.497 e. The molecule has 0 saturated carbocycles. The largest absolute Gasteiger partial charge is 0.497 e. The van der Waals surface area contributed by atoms with Crippen molar-refractivity contribution in [2.75, 3.05) is 43.1 Å². The molecule has 31 heavy (non-hydrogen) atoms. The van der Waals surface area contributed by atoms with Gasteiger partial charge in [0.1, 0.15) is 11.6 Å². The first-order chi connectivity index (χ1) is 15.2. The maximum atomic E-state index is 9.17. The second kappa shape index (κ2) is 8.03. The fourth-order valence-electron chi connectivity index (χ4n) is 4.58. The average molecular weight is 415 g/mol. The number of nitrogens with zero attached hydrogens (tertiary/aromatic N) is 6. The van der Waals surface area contributed by atoms with E-state index >= 15 is 0 Å². The van der Waals surface area contributed by atoms with E-state index in [2.05, 4.69) is 33.8 Å².